The van der Waals surface area contributed by atoms with Gasteiger partial charge in [-0.3, -0.25) is 9.36 Å². The molecule has 0 aromatic heterocycles. The van der Waals surface area contributed by atoms with E-state index in [1.165, 1.54) is 18.2 Å². The molecule has 0 heterocycles. The molecule has 0 spiro atoms. The second-order valence-corrected chi connectivity index (χ2v) is 5.66. The predicted molar refractivity (Wildman–Crippen MR) is 59.6 cm³/mol. The minimum Gasteiger partial charge on any atom is -0.290 e. The Bertz CT molecular complexity index is 479. The fourth-order valence-corrected chi connectivity index (χ4v) is 2.77. The maximum Gasteiger partial charge on any atom is 0.260 e. The van der Waals surface area contributed by atoms with Gasteiger partial charge in [-0.25, -0.2) is 0 Å². The van der Waals surface area contributed by atoms with Crippen molar-refractivity contribution < 1.29 is 9.36 Å². The number of nitriles is 1. The first-order valence-electron chi connectivity index (χ1n) is 4.55. The Balaban J connectivity index is 2.88. The maximum absolute atomic E-state index is 12.1. The van der Waals surface area contributed by atoms with Gasteiger partial charge in [-0.2, -0.15) is 5.26 Å². The van der Waals surface area contributed by atoms with E-state index < -0.39 is 13.1 Å². The van der Waals surface area contributed by atoms with Gasteiger partial charge < -0.3 is 0 Å². The van der Waals surface area contributed by atoms with Gasteiger partial charge in [0.15, 0.2) is 0 Å². The van der Waals surface area contributed by atoms with E-state index in [1.54, 1.807) is 18.2 Å². The van der Waals surface area contributed by atoms with E-state index in [0.717, 1.165) is 0 Å². The van der Waals surface area contributed by atoms with Crippen LogP contribution in [-0.2, 0) is 9.36 Å². The summed E-state index contributed by atoms with van der Waals surface area (Å²) in [5.74, 6) is -0.695. The summed E-state index contributed by atoms with van der Waals surface area (Å²) in [6.45, 7) is 0. The summed E-state index contributed by atoms with van der Waals surface area (Å²) in [6, 6.07) is 9.46. The molecule has 1 aromatic carbocycles. The van der Waals surface area contributed by atoms with Gasteiger partial charge in [-0.1, -0.05) is 18.2 Å². The summed E-state index contributed by atoms with van der Waals surface area (Å²) in [5, 5.41) is 8.59. The highest BCUT2D eigenvalue weighted by atomic mass is 31.2. The summed E-state index contributed by atoms with van der Waals surface area (Å²) in [5.41, 5.74) is 0. The Hall–Kier alpha value is -1.79. The number of ketones is 1. The first kappa shape index (κ1) is 12.3. The largest absolute Gasteiger partial charge is 0.290 e. The lowest BCUT2D eigenvalue weighted by Crippen LogP contribution is -2.07. The van der Waals surface area contributed by atoms with Crippen molar-refractivity contribution in [3.8, 4) is 6.07 Å². The lowest BCUT2D eigenvalue weighted by atomic mass is 10.3. The SMILES string of the molecule is N#CC(=O)CCP(=O)(N=O)c1ccccc1. The molecule has 5 nitrogen and oxygen atoms in total. The van der Waals surface area contributed by atoms with Gasteiger partial charge in [0.05, 0.1) is 0 Å². The smallest absolute Gasteiger partial charge is 0.260 e. The van der Waals surface area contributed by atoms with Crippen molar-refractivity contribution in [1.82, 2.24) is 0 Å². The minimum atomic E-state index is -3.42. The molecule has 1 atom stereocenters. The minimum absolute atomic E-state index is 0.188. The molecule has 0 N–H and O–H groups in total. The second-order valence-electron chi connectivity index (χ2n) is 3.13. The molecule has 16 heavy (non-hydrogen) atoms. The van der Waals surface area contributed by atoms with E-state index in [4.69, 9.17) is 5.26 Å². The molecule has 1 rings (SSSR count). The highest BCUT2D eigenvalue weighted by Gasteiger charge is 2.26. The summed E-state index contributed by atoms with van der Waals surface area (Å²) in [6.07, 6.45) is -0.401. The third kappa shape index (κ3) is 2.85. The summed E-state index contributed by atoms with van der Waals surface area (Å²) in [4.78, 5) is 24.0. The molecule has 0 saturated heterocycles. The van der Waals surface area contributed by atoms with E-state index in [0.29, 0.717) is 5.30 Å². The number of nitrogens with zero attached hydrogens (tertiary/aromatic N) is 2. The molecule has 0 aliphatic heterocycles. The zero-order valence-corrected chi connectivity index (χ0v) is 9.26. The van der Waals surface area contributed by atoms with Gasteiger partial charge in [-0.15, -0.1) is 4.91 Å². The second kappa shape index (κ2) is 5.34. The highest BCUT2D eigenvalue weighted by molar-refractivity contribution is 7.70. The molecule has 0 amide bonds. The molecule has 0 saturated carbocycles. The predicted octanol–water partition coefficient (Wildman–Crippen LogP) is 1.84. The topological polar surface area (TPSA) is 87.4 Å². The van der Waals surface area contributed by atoms with Gasteiger partial charge in [0.1, 0.15) is 6.07 Å². The van der Waals surface area contributed by atoms with Crippen LogP contribution < -0.4 is 5.30 Å². The average Bonchev–Trinajstić information content (AvgIpc) is 2.36. The van der Waals surface area contributed by atoms with Crippen LogP contribution in [-0.4, -0.2) is 11.9 Å². The van der Waals surface area contributed by atoms with Crippen LogP contribution in [0.4, 0.5) is 0 Å². The fraction of sp³-hybridized carbons (Fsp3) is 0.200. The van der Waals surface area contributed by atoms with Crippen LogP contribution in [0.2, 0.25) is 0 Å². The van der Waals surface area contributed by atoms with Gasteiger partial charge in [-0.05, 0) is 17.1 Å². The van der Waals surface area contributed by atoms with Crippen molar-refractivity contribution in [3.63, 3.8) is 0 Å². The summed E-state index contributed by atoms with van der Waals surface area (Å²) < 4.78 is 12.1. The monoisotopic (exact) mass is 236 g/mol. The van der Waals surface area contributed by atoms with Crippen LogP contribution >= 0.6 is 7.29 Å². The Kier molecular flexibility index (Phi) is 4.10. The number of hydrogen-bond acceptors (Lipinski definition) is 4. The Labute approximate surface area is 92.5 Å². The third-order valence-corrected chi connectivity index (χ3v) is 4.26. The van der Waals surface area contributed by atoms with Crippen LogP contribution in [0, 0.1) is 16.2 Å². The normalized spacial score (nSPS) is 13.4. The van der Waals surface area contributed by atoms with Crippen molar-refractivity contribution in [1.29, 1.82) is 5.26 Å². The van der Waals surface area contributed by atoms with Crippen molar-refractivity contribution in [2.45, 2.75) is 6.42 Å². The van der Waals surface area contributed by atoms with E-state index in [9.17, 15) is 14.3 Å². The van der Waals surface area contributed by atoms with Crippen molar-refractivity contribution in [2.75, 3.05) is 6.16 Å². The van der Waals surface area contributed by atoms with Crippen LogP contribution in [0.15, 0.2) is 35.3 Å². The molecule has 82 valence electrons. The maximum atomic E-state index is 12.1. The number of carbonyl (C=O) groups excluding carboxylic acids is 1. The van der Waals surface area contributed by atoms with Gasteiger partial charge in [0.25, 0.3) is 7.29 Å². The van der Waals surface area contributed by atoms with E-state index in [2.05, 4.69) is 4.95 Å². The molecule has 6 heteroatoms. The Morgan fingerprint density at radius 2 is 2.00 bits per heavy atom. The number of nitroso groups, excluding NO2 is 1. The number of Topliss-reactive ketones (excluding diaryl/α,β-unsaturated/α-hetero) is 1. The average molecular weight is 236 g/mol. The molecule has 0 bridgehead atoms. The standard InChI is InChI=1S/C10H9N2O3P/c11-8-9(13)6-7-16(15,12-14)10-4-2-1-3-5-10/h1-5H,6-7H2. The third-order valence-electron chi connectivity index (χ3n) is 2.06. The zero-order valence-electron chi connectivity index (χ0n) is 8.37. The fourth-order valence-electron chi connectivity index (χ4n) is 1.19. The number of hydrogen-bond donors (Lipinski definition) is 0. The molecule has 0 fully saturated rings. The lowest BCUT2D eigenvalue weighted by Gasteiger charge is -2.08. The van der Waals surface area contributed by atoms with Crippen molar-refractivity contribution in [3.05, 3.63) is 35.2 Å². The van der Waals surface area contributed by atoms with Gasteiger partial charge in [0, 0.05) is 17.9 Å². The van der Waals surface area contributed by atoms with Crippen molar-refractivity contribution in [2.24, 2.45) is 4.95 Å². The quantitative estimate of drug-likeness (QED) is 0.443. The lowest BCUT2D eigenvalue weighted by molar-refractivity contribution is -0.113. The van der Waals surface area contributed by atoms with Gasteiger partial charge in [0.2, 0.25) is 5.78 Å². The molecule has 1 aromatic rings. The van der Waals surface area contributed by atoms with Crippen LogP contribution in [0.5, 0.6) is 0 Å². The highest BCUT2D eigenvalue weighted by Crippen LogP contribution is 2.46. The van der Waals surface area contributed by atoms with E-state index >= 15 is 0 Å². The van der Waals surface area contributed by atoms with E-state index in [1.807, 2.05) is 0 Å². The van der Waals surface area contributed by atoms with Crippen molar-refractivity contribution >= 4 is 18.4 Å². The first-order chi connectivity index (χ1) is 7.62. The van der Waals surface area contributed by atoms with E-state index in [-0.39, 0.29) is 12.6 Å². The molecule has 0 aliphatic carbocycles. The molecule has 0 radical (unpaired) electrons. The zero-order chi connectivity index (χ0) is 12.0. The summed E-state index contributed by atoms with van der Waals surface area (Å²) >= 11 is 0. The number of carbonyl (C=O) groups is 1. The number of benzene rings is 1. The number of rotatable bonds is 5. The van der Waals surface area contributed by atoms with Crippen LogP contribution in [0.25, 0.3) is 0 Å². The van der Waals surface area contributed by atoms with Gasteiger partial charge >= 0.3 is 0 Å². The first-order valence-corrected chi connectivity index (χ1v) is 6.39. The molecule has 1 unspecified atom stereocenters. The van der Waals surface area contributed by atoms with Crippen LogP contribution in [0.3, 0.4) is 0 Å². The summed E-state index contributed by atoms with van der Waals surface area (Å²) in [7, 11) is -3.42. The Morgan fingerprint density at radius 1 is 1.38 bits per heavy atom. The molecule has 0 aliphatic rings. The van der Waals surface area contributed by atoms with Crippen LogP contribution in [0.1, 0.15) is 6.42 Å². The molecular formula is C10H9N2O3P. The molecular weight excluding hydrogens is 227 g/mol. The Morgan fingerprint density at radius 3 is 2.50 bits per heavy atom.